The summed E-state index contributed by atoms with van der Waals surface area (Å²) >= 11 is 0. The van der Waals surface area contributed by atoms with Crippen LogP contribution in [0.5, 0.6) is 0 Å². The molecule has 1 aromatic carbocycles. The molecule has 3 N–H and O–H groups in total. The van der Waals surface area contributed by atoms with E-state index in [1.165, 1.54) is 4.57 Å². The first-order chi connectivity index (χ1) is 10.3. The van der Waals surface area contributed by atoms with Gasteiger partial charge in [-0.15, -0.1) is 0 Å². The van der Waals surface area contributed by atoms with Gasteiger partial charge in [0.1, 0.15) is 6.54 Å². The molecule has 1 heterocycles. The number of nitrogens with zero attached hydrogens (tertiary/aromatic N) is 1. The van der Waals surface area contributed by atoms with E-state index in [0.717, 1.165) is 0 Å². The van der Waals surface area contributed by atoms with Gasteiger partial charge in [-0.2, -0.15) is 0 Å². The fourth-order valence-corrected chi connectivity index (χ4v) is 2.31. The number of H-pyrrole nitrogens is 1. The van der Waals surface area contributed by atoms with Crippen LogP contribution in [0.15, 0.2) is 29.1 Å². The van der Waals surface area contributed by atoms with Crippen molar-refractivity contribution >= 4 is 22.9 Å². The maximum Gasteiger partial charge on any atom is 0.326 e. The number of carboxylic acids is 1. The second-order valence-electron chi connectivity index (χ2n) is 5.86. The van der Waals surface area contributed by atoms with E-state index in [1.807, 2.05) is 0 Å². The van der Waals surface area contributed by atoms with Crippen molar-refractivity contribution in [2.45, 2.75) is 38.8 Å². The highest BCUT2D eigenvalue weighted by atomic mass is 16.4. The van der Waals surface area contributed by atoms with Gasteiger partial charge in [0.05, 0.1) is 11.0 Å². The van der Waals surface area contributed by atoms with Crippen molar-refractivity contribution in [3.63, 3.8) is 0 Å². The number of hydrogen-bond acceptors (Lipinski definition) is 3. The fourth-order valence-electron chi connectivity index (χ4n) is 2.31. The summed E-state index contributed by atoms with van der Waals surface area (Å²) in [4.78, 5) is 37.3. The molecule has 0 aliphatic rings. The molecule has 7 nitrogen and oxygen atoms in total. The van der Waals surface area contributed by atoms with Gasteiger partial charge in [-0.3, -0.25) is 14.2 Å². The van der Waals surface area contributed by atoms with Crippen LogP contribution in [0.2, 0.25) is 0 Å². The van der Waals surface area contributed by atoms with E-state index in [2.05, 4.69) is 10.3 Å². The molecule has 0 atom stereocenters. The van der Waals surface area contributed by atoms with Crippen LogP contribution in [0, 0.1) is 0 Å². The van der Waals surface area contributed by atoms with Crippen molar-refractivity contribution in [2.75, 3.05) is 0 Å². The lowest BCUT2D eigenvalue weighted by atomic mass is 9.98. The SMILES string of the molecule is CC(C)(CCC(=O)O)NC(=O)Cn1c(=O)[nH]c2ccccc21. The number of benzene rings is 1. The molecular weight excluding hydrogens is 286 g/mol. The largest absolute Gasteiger partial charge is 0.481 e. The number of carbonyl (C=O) groups is 2. The normalized spacial score (nSPS) is 11.5. The smallest absolute Gasteiger partial charge is 0.326 e. The summed E-state index contributed by atoms with van der Waals surface area (Å²) in [6.07, 6.45) is 0.289. The highest BCUT2D eigenvalue weighted by Crippen LogP contribution is 2.12. The first kappa shape index (κ1) is 15.8. The maximum absolute atomic E-state index is 12.1. The molecule has 0 bridgehead atoms. The number of hydrogen-bond donors (Lipinski definition) is 3. The minimum atomic E-state index is -0.907. The minimum absolute atomic E-state index is 0.0275. The van der Waals surface area contributed by atoms with Gasteiger partial charge in [-0.1, -0.05) is 12.1 Å². The Balaban J connectivity index is 2.09. The van der Waals surface area contributed by atoms with Crippen LogP contribution in [-0.4, -0.2) is 32.1 Å². The summed E-state index contributed by atoms with van der Waals surface area (Å²) in [7, 11) is 0. The molecule has 0 saturated heterocycles. The minimum Gasteiger partial charge on any atom is -0.481 e. The Kier molecular flexibility index (Phi) is 4.35. The molecule has 0 unspecified atom stereocenters. The van der Waals surface area contributed by atoms with E-state index >= 15 is 0 Å². The summed E-state index contributed by atoms with van der Waals surface area (Å²) in [5, 5.41) is 11.5. The standard InChI is InChI=1S/C15H19N3O4/c1-15(2,8-7-13(20)21)17-12(19)9-18-11-6-4-3-5-10(11)16-14(18)22/h3-6H,7-9H2,1-2H3,(H,16,22)(H,17,19)(H,20,21). The van der Waals surface area contributed by atoms with E-state index in [4.69, 9.17) is 5.11 Å². The zero-order valence-electron chi connectivity index (χ0n) is 12.5. The number of fused-ring (bicyclic) bond motifs is 1. The third-order valence-corrected chi connectivity index (χ3v) is 3.42. The molecule has 7 heteroatoms. The molecule has 0 spiro atoms. The molecule has 118 valence electrons. The predicted octanol–water partition coefficient (Wildman–Crippen LogP) is 1.09. The number of imidazole rings is 1. The molecule has 0 saturated carbocycles. The average Bonchev–Trinajstić information content (AvgIpc) is 2.73. The Morgan fingerprint density at radius 1 is 1.32 bits per heavy atom. The molecule has 0 radical (unpaired) electrons. The van der Waals surface area contributed by atoms with Gasteiger partial charge >= 0.3 is 11.7 Å². The van der Waals surface area contributed by atoms with E-state index in [-0.39, 0.29) is 24.6 Å². The van der Waals surface area contributed by atoms with Gasteiger partial charge in [0.2, 0.25) is 5.91 Å². The number of aromatic amines is 1. The molecule has 1 aromatic heterocycles. The maximum atomic E-state index is 12.1. The summed E-state index contributed by atoms with van der Waals surface area (Å²) in [5.74, 6) is -1.24. The van der Waals surface area contributed by atoms with Crippen LogP contribution in [0.25, 0.3) is 11.0 Å². The van der Waals surface area contributed by atoms with Crippen LogP contribution >= 0.6 is 0 Å². The number of carbonyl (C=O) groups excluding carboxylic acids is 1. The number of nitrogens with one attached hydrogen (secondary N) is 2. The monoisotopic (exact) mass is 305 g/mol. The lowest BCUT2D eigenvalue weighted by Crippen LogP contribution is -2.45. The van der Waals surface area contributed by atoms with Crippen molar-refractivity contribution in [3.8, 4) is 0 Å². The molecule has 2 rings (SSSR count). The summed E-state index contributed by atoms with van der Waals surface area (Å²) in [6.45, 7) is 3.40. The highest BCUT2D eigenvalue weighted by Gasteiger charge is 2.22. The first-order valence-corrected chi connectivity index (χ1v) is 6.99. The third-order valence-electron chi connectivity index (χ3n) is 3.42. The van der Waals surface area contributed by atoms with Crippen molar-refractivity contribution in [1.82, 2.24) is 14.9 Å². The van der Waals surface area contributed by atoms with Crippen LogP contribution in [-0.2, 0) is 16.1 Å². The van der Waals surface area contributed by atoms with Gasteiger partial charge in [0.15, 0.2) is 0 Å². The fraction of sp³-hybridized carbons (Fsp3) is 0.400. The van der Waals surface area contributed by atoms with Crippen molar-refractivity contribution in [2.24, 2.45) is 0 Å². The molecular formula is C15H19N3O4. The van der Waals surface area contributed by atoms with Crippen LogP contribution in [0.4, 0.5) is 0 Å². The van der Waals surface area contributed by atoms with Crippen LogP contribution in [0.3, 0.4) is 0 Å². The van der Waals surface area contributed by atoms with E-state index in [0.29, 0.717) is 17.5 Å². The zero-order valence-corrected chi connectivity index (χ0v) is 12.5. The van der Waals surface area contributed by atoms with E-state index in [1.54, 1.807) is 38.1 Å². The van der Waals surface area contributed by atoms with Crippen molar-refractivity contribution in [3.05, 3.63) is 34.7 Å². The predicted molar refractivity (Wildman–Crippen MR) is 81.7 cm³/mol. The topological polar surface area (TPSA) is 104 Å². The van der Waals surface area contributed by atoms with Gasteiger partial charge in [-0.25, -0.2) is 4.79 Å². The van der Waals surface area contributed by atoms with Crippen molar-refractivity contribution in [1.29, 1.82) is 0 Å². The van der Waals surface area contributed by atoms with E-state index < -0.39 is 11.5 Å². The molecule has 2 aromatic rings. The number of carboxylic acid groups (broad SMARTS) is 1. The number of aliphatic carboxylic acids is 1. The third kappa shape index (κ3) is 3.75. The molecule has 22 heavy (non-hydrogen) atoms. The van der Waals surface area contributed by atoms with Crippen LogP contribution in [0.1, 0.15) is 26.7 Å². The Morgan fingerprint density at radius 2 is 2.00 bits per heavy atom. The Bertz CT molecular complexity index is 757. The van der Waals surface area contributed by atoms with Gasteiger partial charge < -0.3 is 15.4 Å². The number of aromatic nitrogens is 2. The van der Waals surface area contributed by atoms with Gasteiger partial charge in [0.25, 0.3) is 0 Å². The Labute approximate surface area is 127 Å². The van der Waals surface area contributed by atoms with Crippen molar-refractivity contribution < 1.29 is 14.7 Å². The van der Waals surface area contributed by atoms with Gasteiger partial charge in [-0.05, 0) is 32.4 Å². The molecule has 1 amide bonds. The quantitative estimate of drug-likeness (QED) is 0.743. The lowest BCUT2D eigenvalue weighted by molar-refractivity contribution is -0.137. The zero-order chi connectivity index (χ0) is 16.3. The second-order valence-corrected chi connectivity index (χ2v) is 5.86. The molecule has 0 aliphatic heterocycles. The van der Waals surface area contributed by atoms with Gasteiger partial charge in [0, 0.05) is 12.0 Å². The average molecular weight is 305 g/mol. The summed E-state index contributed by atoms with van der Waals surface area (Å²) in [5.41, 5.74) is 0.335. The second kappa shape index (κ2) is 6.05. The highest BCUT2D eigenvalue weighted by molar-refractivity contribution is 5.80. The number of rotatable bonds is 6. The summed E-state index contributed by atoms with van der Waals surface area (Å²) < 4.78 is 1.36. The lowest BCUT2D eigenvalue weighted by Gasteiger charge is -2.25. The van der Waals surface area contributed by atoms with Crippen LogP contribution < -0.4 is 11.0 Å². The Hall–Kier alpha value is -2.57. The first-order valence-electron chi connectivity index (χ1n) is 6.99. The number of para-hydroxylation sites is 2. The summed E-state index contributed by atoms with van der Waals surface area (Å²) in [6, 6.07) is 7.12. The van der Waals surface area contributed by atoms with E-state index in [9.17, 15) is 14.4 Å². The number of amides is 1. The molecule has 0 fully saturated rings. The Morgan fingerprint density at radius 3 is 2.68 bits per heavy atom. The molecule has 0 aliphatic carbocycles.